The molecule has 0 atom stereocenters. The molecular weight excluding hydrogens is 376 g/mol. The summed E-state index contributed by atoms with van der Waals surface area (Å²) in [6.07, 6.45) is 7.64. The molecule has 0 N–H and O–H groups in total. The van der Waals surface area contributed by atoms with E-state index in [1.165, 1.54) is 19.3 Å². The van der Waals surface area contributed by atoms with Crippen LogP contribution >= 0.6 is 0 Å². The summed E-state index contributed by atoms with van der Waals surface area (Å²) in [6, 6.07) is 13.6. The topological polar surface area (TPSA) is 53.8 Å². The van der Waals surface area contributed by atoms with E-state index in [9.17, 15) is 9.59 Å². The highest BCUT2D eigenvalue weighted by molar-refractivity contribution is 5.85. The first-order valence-electron chi connectivity index (χ1n) is 11.1. The molecule has 5 nitrogen and oxygen atoms in total. The van der Waals surface area contributed by atoms with Crippen molar-refractivity contribution in [3.05, 3.63) is 60.1 Å². The molecule has 0 aliphatic carbocycles. The average Bonchev–Trinajstić information content (AvgIpc) is 3.24. The Morgan fingerprint density at radius 1 is 0.900 bits per heavy atom. The van der Waals surface area contributed by atoms with Gasteiger partial charge in [-0.15, -0.1) is 0 Å². The molecular formula is C25H36N2O3. The van der Waals surface area contributed by atoms with Crippen molar-refractivity contribution in [1.82, 2.24) is 9.80 Å². The third-order valence-corrected chi connectivity index (χ3v) is 5.24. The van der Waals surface area contributed by atoms with Gasteiger partial charge in [0.2, 0.25) is 11.8 Å². The molecule has 0 fully saturated rings. The van der Waals surface area contributed by atoms with Gasteiger partial charge >= 0.3 is 0 Å². The Bertz CT molecular complexity index is 741. The molecule has 0 saturated heterocycles. The Morgan fingerprint density at radius 3 is 2.27 bits per heavy atom. The number of unbranched alkanes of at least 4 members (excludes halogenated alkanes) is 4. The van der Waals surface area contributed by atoms with Crippen molar-refractivity contribution in [2.75, 3.05) is 6.54 Å². The van der Waals surface area contributed by atoms with Gasteiger partial charge in [-0.2, -0.15) is 0 Å². The summed E-state index contributed by atoms with van der Waals surface area (Å²) in [5, 5.41) is 0. The summed E-state index contributed by atoms with van der Waals surface area (Å²) < 4.78 is 5.46. The zero-order chi connectivity index (χ0) is 21.8. The Labute approximate surface area is 181 Å². The van der Waals surface area contributed by atoms with E-state index in [0.29, 0.717) is 19.5 Å². The molecule has 2 amide bonds. The number of rotatable bonds is 13. The molecule has 0 aliphatic rings. The number of benzene rings is 1. The zero-order valence-corrected chi connectivity index (χ0v) is 18.7. The van der Waals surface area contributed by atoms with E-state index in [4.69, 9.17) is 4.42 Å². The average molecular weight is 413 g/mol. The lowest BCUT2D eigenvalue weighted by Crippen LogP contribution is -2.45. The molecule has 0 bridgehead atoms. The van der Waals surface area contributed by atoms with Crippen molar-refractivity contribution in [2.24, 2.45) is 0 Å². The van der Waals surface area contributed by atoms with Crippen LogP contribution in [0, 0.1) is 0 Å². The first-order chi connectivity index (χ1) is 14.5. The third kappa shape index (κ3) is 8.05. The van der Waals surface area contributed by atoms with Gasteiger partial charge in [0.05, 0.1) is 19.4 Å². The smallest absolute Gasteiger partial charge is 0.242 e. The molecule has 0 unspecified atom stereocenters. The molecule has 1 aromatic heterocycles. The van der Waals surface area contributed by atoms with Crippen molar-refractivity contribution < 1.29 is 14.0 Å². The van der Waals surface area contributed by atoms with Crippen LogP contribution in [0.3, 0.4) is 0 Å². The molecule has 0 radical (unpaired) electrons. The van der Waals surface area contributed by atoms with E-state index in [0.717, 1.165) is 24.2 Å². The van der Waals surface area contributed by atoms with E-state index in [-0.39, 0.29) is 24.4 Å². The minimum Gasteiger partial charge on any atom is -0.467 e. The number of carbonyl (C=O) groups is 2. The Morgan fingerprint density at radius 2 is 1.63 bits per heavy atom. The maximum Gasteiger partial charge on any atom is 0.242 e. The summed E-state index contributed by atoms with van der Waals surface area (Å²) in [4.78, 5) is 29.5. The first-order valence-corrected chi connectivity index (χ1v) is 11.1. The first kappa shape index (κ1) is 23.7. The lowest BCUT2D eigenvalue weighted by atomic mass is 10.1. The lowest BCUT2D eigenvalue weighted by molar-refractivity contribution is -0.143. The van der Waals surface area contributed by atoms with Crippen LogP contribution in [0.25, 0.3) is 0 Å². The highest BCUT2D eigenvalue weighted by Gasteiger charge is 2.24. The highest BCUT2D eigenvalue weighted by Crippen LogP contribution is 2.14. The fourth-order valence-corrected chi connectivity index (χ4v) is 3.45. The predicted octanol–water partition coefficient (Wildman–Crippen LogP) is 5.41. The van der Waals surface area contributed by atoms with Crippen molar-refractivity contribution in [3.63, 3.8) is 0 Å². The fourth-order valence-electron chi connectivity index (χ4n) is 3.45. The van der Waals surface area contributed by atoms with Gasteiger partial charge in [-0.1, -0.05) is 62.9 Å². The zero-order valence-electron chi connectivity index (χ0n) is 18.7. The highest BCUT2D eigenvalue weighted by atomic mass is 16.3. The SMILES string of the molecule is CCCCCCCC(=O)N(CC(=O)N(Cc1ccccc1)Cc1ccco1)C(C)C. The minimum atomic E-state index is -0.0664. The Hall–Kier alpha value is -2.56. The second-order valence-corrected chi connectivity index (χ2v) is 8.09. The van der Waals surface area contributed by atoms with Crippen LogP contribution in [0.15, 0.2) is 53.1 Å². The van der Waals surface area contributed by atoms with Crippen LogP contribution in [0.1, 0.15) is 70.6 Å². The molecule has 0 saturated carbocycles. The van der Waals surface area contributed by atoms with Gasteiger partial charge in [0, 0.05) is 19.0 Å². The van der Waals surface area contributed by atoms with Crippen LogP contribution < -0.4 is 0 Å². The standard InChI is InChI=1S/C25H36N2O3/c1-4-5-6-7-11-16-24(28)27(21(2)3)20-25(29)26(19-23-15-12-17-30-23)18-22-13-9-8-10-14-22/h8-10,12-15,17,21H,4-7,11,16,18-20H2,1-3H3. The normalized spacial score (nSPS) is 10.9. The molecule has 1 aromatic carbocycles. The van der Waals surface area contributed by atoms with Crippen LogP contribution in [0.2, 0.25) is 0 Å². The monoisotopic (exact) mass is 412 g/mol. The summed E-state index contributed by atoms with van der Waals surface area (Å²) in [5.74, 6) is 0.730. The number of furan rings is 1. The fraction of sp³-hybridized carbons (Fsp3) is 0.520. The summed E-state index contributed by atoms with van der Waals surface area (Å²) >= 11 is 0. The van der Waals surface area contributed by atoms with Crippen molar-refractivity contribution in [3.8, 4) is 0 Å². The second-order valence-electron chi connectivity index (χ2n) is 8.09. The van der Waals surface area contributed by atoms with Gasteiger partial charge in [-0.25, -0.2) is 0 Å². The molecule has 2 aromatic rings. The van der Waals surface area contributed by atoms with Crippen LogP contribution in [0.4, 0.5) is 0 Å². The summed E-state index contributed by atoms with van der Waals surface area (Å²) in [7, 11) is 0. The second kappa shape index (κ2) is 12.9. The number of carbonyl (C=O) groups excluding carboxylic acids is 2. The van der Waals surface area contributed by atoms with E-state index < -0.39 is 0 Å². The number of hydrogen-bond donors (Lipinski definition) is 0. The molecule has 0 aliphatic heterocycles. The van der Waals surface area contributed by atoms with Crippen molar-refractivity contribution >= 4 is 11.8 Å². The van der Waals surface area contributed by atoms with E-state index in [1.807, 2.05) is 56.3 Å². The summed E-state index contributed by atoms with van der Waals surface area (Å²) in [5.41, 5.74) is 1.05. The Kier molecular flexibility index (Phi) is 10.2. The van der Waals surface area contributed by atoms with Gasteiger partial charge in [0.1, 0.15) is 5.76 Å². The van der Waals surface area contributed by atoms with Crippen LogP contribution in [0.5, 0.6) is 0 Å². The van der Waals surface area contributed by atoms with Crippen molar-refractivity contribution in [2.45, 2.75) is 78.4 Å². The minimum absolute atomic E-state index is 0.0146. The lowest BCUT2D eigenvalue weighted by Gasteiger charge is -2.30. The number of hydrogen-bond acceptors (Lipinski definition) is 3. The third-order valence-electron chi connectivity index (χ3n) is 5.24. The predicted molar refractivity (Wildman–Crippen MR) is 120 cm³/mol. The van der Waals surface area contributed by atoms with Crippen LogP contribution in [-0.2, 0) is 22.7 Å². The van der Waals surface area contributed by atoms with Crippen molar-refractivity contribution in [1.29, 1.82) is 0 Å². The van der Waals surface area contributed by atoms with Gasteiger partial charge in [0.25, 0.3) is 0 Å². The molecule has 5 heteroatoms. The maximum atomic E-state index is 13.2. The molecule has 1 heterocycles. The van der Waals surface area contributed by atoms with E-state index >= 15 is 0 Å². The molecule has 0 spiro atoms. The molecule has 2 rings (SSSR count). The van der Waals surface area contributed by atoms with Gasteiger partial charge in [-0.3, -0.25) is 9.59 Å². The van der Waals surface area contributed by atoms with E-state index in [2.05, 4.69) is 6.92 Å². The maximum absolute atomic E-state index is 13.2. The van der Waals surface area contributed by atoms with E-state index in [1.54, 1.807) is 16.1 Å². The number of amides is 2. The summed E-state index contributed by atoms with van der Waals surface area (Å²) in [6.45, 7) is 7.09. The molecule has 164 valence electrons. The largest absolute Gasteiger partial charge is 0.467 e. The molecule has 30 heavy (non-hydrogen) atoms. The van der Waals surface area contributed by atoms with Gasteiger partial charge < -0.3 is 14.2 Å². The van der Waals surface area contributed by atoms with Crippen LogP contribution in [-0.4, -0.2) is 34.2 Å². The van der Waals surface area contributed by atoms with Gasteiger partial charge in [-0.05, 0) is 38.0 Å². The number of nitrogens with zero attached hydrogens (tertiary/aromatic N) is 2. The quantitative estimate of drug-likeness (QED) is 0.414. The van der Waals surface area contributed by atoms with Gasteiger partial charge in [0.15, 0.2) is 0 Å². The Balaban J connectivity index is 2.01.